The Labute approximate surface area is 106 Å². The molecule has 0 N–H and O–H groups in total. The van der Waals surface area contributed by atoms with Gasteiger partial charge in [0.2, 0.25) is 0 Å². The van der Waals surface area contributed by atoms with E-state index in [1.165, 1.54) is 32.1 Å². The van der Waals surface area contributed by atoms with Crippen LogP contribution < -0.4 is 0 Å². The Balaban J connectivity index is 2.25. The number of carbonyl (C=O) groups is 1. The Hall–Kier alpha value is -0.850. The summed E-state index contributed by atoms with van der Waals surface area (Å²) in [5.74, 6) is 0.463. The van der Waals surface area contributed by atoms with Crippen LogP contribution in [0.25, 0.3) is 0 Å². The predicted octanol–water partition coefficient (Wildman–Crippen LogP) is 4.97. The molecule has 1 aliphatic carbocycles. The Kier molecular flexibility index (Phi) is 8.62. The Bertz CT molecular complexity index is 250. The molecular weight excluding hydrogens is 208 g/mol. The highest BCUT2D eigenvalue weighted by Gasteiger charge is 2.00. The summed E-state index contributed by atoms with van der Waals surface area (Å²) in [5, 5.41) is 0. The van der Waals surface area contributed by atoms with Crippen LogP contribution in [0.4, 0.5) is 0 Å². The molecule has 0 saturated carbocycles. The monoisotopic (exact) mass is 234 g/mol. The molecule has 1 nitrogen and oxygen atoms in total. The molecule has 0 radical (unpaired) electrons. The van der Waals surface area contributed by atoms with Crippen LogP contribution in [0, 0.1) is 0 Å². The summed E-state index contributed by atoms with van der Waals surface area (Å²) < 4.78 is 0. The van der Waals surface area contributed by atoms with Crippen LogP contribution in [-0.2, 0) is 4.79 Å². The first-order chi connectivity index (χ1) is 8.39. The normalized spacial score (nSPS) is 25.3. The molecule has 0 saturated heterocycles. The highest BCUT2D eigenvalue weighted by Crippen LogP contribution is 2.10. The van der Waals surface area contributed by atoms with Crippen molar-refractivity contribution in [1.82, 2.24) is 0 Å². The second-order valence-electron chi connectivity index (χ2n) is 4.92. The number of ketones is 1. The van der Waals surface area contributed by atoms with Gasteiger partial charge in [0.15, 0.2) is 0 Å². The van der Waals surface area contributed by atoms with Gasteiger partial charge < -0.3 is 0 Å². The zero-order valence-corrected chi connectivity index (χ0v) is 11.0. The van der Waals surface area contributed by atoms with Crippen LogP contribution in [0.1, 0.15) is 70.6 Å². The van der Waals surface area contributed by atoms with E-state index >= 15 is 0 Å². The second-order valence-corrected chi connectivity index (χ2v) is 4.92. The van der Waals surface area contributed by atoms with E-state index in [4.69, 9.17) is 0 Å². The van der Waals surface area contributed by atoms with Crippen molar-refractivity contribution in [1.29, 1.82) is 0 Å². The molecule has 0 unspecified atom stereocenters. The minimum Gasteiger partial charge on any atom is -0.300 e. The van der Waals surface area contributed by atoms with Gasteiger partial charge in [-0.3, -0.25) is 4.79 Å². The molecule has 96 valence electrons. The van der Waals surface area contributed by atoms with Crippen LogP contribution in [0.15, 0.2) is 24.3 Å². The second kappa shape index (κ2) is 10.3. The molecule has 1 rings (SSSR count). The molecule has 0 atom stereocenters. The molecule has 17 heavy (non-hydrogen) atoms. The lowest BCUT2D eigenvalue weighted by molar-refractivity contribution is -0.119. The number of hydrogen-bond donors (Lipinski definition) is 0. The van der Waals surface area contributed by atoms with E-state index in [0.717, 1.165) is 38.5 Å². The average molecular weight is 234 g/mol. The number of Topliss-reactive ketones (excluding diaryl/α,β-unsaturated/α-hetero) is 1. The lowest BCUT2D eigenvalue weighted by Crippen LogP contribution is -1.97. The largest absolute Gasteiger partial charge is 0.300 e. The van der Waals surface area contributed by atoms with Crippen molar-refractivity contribution in [3.63, 3.8) is 0 Å². The van der Waals surface area contributed by atoms with Gasteiger partial charge in [0.1, 0.15) is 5.78 Å². The van der Waals surface area contributed by atoms with E-state index in [2.05, 4.69) is 24.3 Å². The van der Waals surface area contributed by atoms with E-state index in [-0.39, 0.29) is 0 Å². The van der Waals surface area contributed by atoms with Gasteiger partial charge in [0.05, 0.1) is 0 Å². The SMILES string of the molecule is O=C1CCC/C=C\C/C=C\CCCCCCC1. The van der Waals surface area contributed by atoms with Gasteiger partial charge in [-0.25, -0.2) is 0 Å². The van der Waals surface area contributed by atoms with Gasteiger partial charge in [-0.2, -0.15) is 0 Å². The molecule has 0 aromatic heterocycles. The first-order valence-corrected chi connectivity index (χ1v) is 7.21. The van der Waals surface area contributed by atoms with Crippen molar-refractivity contribution in [2.45, 2.75) is 70.6 Å². The van der Waals surface area contributed by atoms with Crippen LogP contribution in [0.2, 0.25) is 0 Å². The van der Waals surface area contributed by atoms with Gasteiger partial charge in [-0.1, -0.05) is 43.6 Å². The van der Waals surface area contributed by atoms with Gasteiger partial charge >= 0.3 is 0 Å². The fraction of sp³-hybridized carbons (Fsp3) is 0.688. The molecule has 0 aliphatic heterocycles. The van der Waals surface area contributed by atoms with Crippen molar-refractivity contribution in [2.75, 3.05) is 0 Å². The van der Waals surface area contributed by atoms with Crippen molar-refractivity contribution < 1.29 is 4.79 Å². The number of rotatable bonds is 0. The molecule has 1 heteroatoms. The van der Waals surface area contributed by atoms with Crippen LogP contribution in [0.5, 0.6) is 0 Å². The smallest absolute Gasteiger partial charge is 0.132 e. The third kappa shape index (κ3) is 8.91. The Morgan fingerprint density at radius 2 is 1.24 bits per heavy atom. The number of hydrogen-bond acceptors (Lipinski definition) is 1. The minimum atomic E-state index is 0.463. The van der Waals surface area contributed by atoms with E-state index in [9.17, 15) is 4.79 Å². The third-order valence-electron chi connectivity index (χ3n) is 3.26. The van der Waals surface area contributed by atoms with E-state index < -0.39 is 0 Å². The summed E-state index contributed by atoms with van der Waals surface area (Å²) in [6.07, 6.45) is 21.2. The van der Waals surface area contributed by atoms with Gasteiger partial charge in [-0.05, 0) is 38.5 Å². The highest BCUT2D eigenvalue weighted by atomic mass is 16.1. The molecule has 0 amide bonds. The summed E-state index contributed by atoms with van der Waals surface area (Å²) in [5.41, 5.74) is 0. The van der Waals surface area contributed by atoms with E-state index in [0.29, 0.717) is 5.78 Å². The predicted molar refractivity (Wildman–Crippen MR) is 74.1 cm³/mol. The van der Waals surface area contributed by atoms with Crippen molar-refractivity contribution in [3.8, 4) is 0 Å². The van der Waals surface area contributed by atoms with Gasteiger partial charge in [0, 0.05) is 12.8 Å². The van der Waals surface area contributed by atoms with Crippen LogP contribution >= 0.6 is 0 Å². The summed E-state index contributed by atoms with van der Waals surface area (Å²) in [7, 11) is 0. The molecule has 0 fully saturated rings. The summed E-state index contributed by atoms with van der Waals surface area (Å²) in [6.45, 7) is 0. The Morgan fingerprint density at radius 1 is 0.647 bits per heavy atom. The zero-order valence-electron chi connectivity index (χ0n) is 11.0. The van der Waals surface area contributed by atoms with Crippen molar-refractivity contribution in [3.05, 3.63) is 24.3 Å². The molecule has 0 aromatic carbocycles. The molecule has 0 spiro atoms. The molecule has 1 aliphatic rings. The van der Waals surface area contributed by atoms with E-state index in [1.807, 2.05) is 0 Å². The average Bonchev–Trinajstić information content (AvgIpc) is 2.32. The maximum atomic E-state index is 11.5. The lowest BCUT2D eigenvalue weighted by atomic mass is 10.0. The quantitative estimate of drug-likeness (QED) is 0.541. The lowest BCUT2D eigenvalue weighted by Gasteiger charge is -2.01. The van der Waals surface area contributed by atoms with Crippen molar-refractivity contribution in [2.24, 2.45) is 0 Å². The minimum absolute atomic E-state index is 0.463. The standard InChI is InChI=1S/C16H26O/c17-16-14-12-10-8-6-4-2-1-3-5-7-9-11-13-15-16/h1-2,6,8H,3-5,7,9-15H2/b2-1-,8-6-. The van der Waals surface area contributed by atoms with Gasteiger partial charge in [-0.15, -0.1) is 0 Å². The number of allylic oxidation sites excluding steroid dienone is 4. The molecular formula is C16H26O. The third-order valence-corrected chi connectivity index (χ3v) is 3.26. The molecule has 0 heterocycles. The summed E-state index contributed by atoms with van der Waals surface area (Å²) in [4.78, 5) is 11.5. The molecule has 0 aromatic rings. The first kappa shape index (κ1) is 14.2. The zero-order chi connectivity index (χ0) is 12.2. The summed E-state index contributed by atoms with van der Waals surface area (Å²) >= 11 is 0. The molecule has 0 bridgehead atoms. The van der Waals surface area contributed by atoms with Crippen LogP contribution in [0.3, 0.4) is 0 Å². The van der Waals surface area contributed by atoms with Gasteiger partial charge in [0.25, 0.3) is 0 Å². The maximum Gasteiger partial charge on any atom is 0.132 e. The maximum absolute atomic E-state index is 11.5. The fourth-order valence-corrected chi connectivity index (χ4v) is 2.16. The van der Waals surface area contributed by atoms with E-state index in [1.54, 1.807) is 0 Å². The first-order valence-electron chi connectivity index (χ1n) is 7.21. The summed E-state index contributed by atoms with van der Waals surface area (Å²) in [6, 6.07) is 0. The fourth-order valence-electron chi connectivity index (χ4n) is 2.16. The highest BCUT2D eigenvalue weighted by molar-refractivity contribution is 5.78. The number of carbonyl (C=O) groups excluding carboxylic acids is 1. The topological polar surface area (TPSA) is 17.1 Å². The Morgan fingerprint density at radius 3 is 2.06 bits per heavy atom. The van der Waals surface area contributed by atoms with Crippen molar-refractivity contribution >= 4 is 5.78 Å². The van der Waals surface area contributed by atoms with Crippen LogP contribution in [-0.4, -0.2) is 5.78 Å².